The summed E-state index contributed by atoms with van der Waals surface area (Å²) in [5.74, 6) is -0.236. The summed E-state index contributed by atoms with van der Waals surface area (Å²) in [6, 6.07) is 0. The Balaban J connectivity index is 1.76. The second kappa shape index (κ2) is 5.23. The second-order valence-corrected chi connectivity index (χ2v) is 5.80. The van der Waals surface area contributed by atoms with E-state index in [2.05, 4.69) is 27.0 Å². The van der Waals surface area contributed by atoms with Crippen molar-refractivity contribution in [2.24, 2.45) is 5.41 Å². The van der Waals surface area contributed by atoms with Crippen molar-refractivity contribution >= 4 is 11.8 Å². The summed E-state index contributed by atoms with van der Waals surface area (Å²) in [6.07, 6.45) is 13.5. The third kappa shape index (κ3) is 2.53. The standard InChI is InChI=1S/C15H19N3O2/c19-14(20)12-9-17-13(10-16-12)18-8-4-7-15(11-18)5-2-1-3-6-15/h1-2,9-10H,3-8,11H2,(H,19,20). The number of hydrogen-bond donors (Lipinski definition) is 1. The van der Waals surface area contributed by atoms with Crippen LogP contribution in [0.15, 0.2) is 24.5 Å². The summed E-state index contributed by atoms with van der Waals surface area (Å²) >= 11 is 0. The maximum Gasteiger partial charge on any atom is 0.356 e. The molecule has 1 saturated heterocycles. The molecule has 1 aliphatic heterocycles. The van der Waals surface area contributed by atoms with E-state index in [1.54, 1.807) is 6.20 Å². The molecule has 5 heteroatoms. The van der Waals surface area contributed by atoms with Crippen LogP contribution in [0.2, 0.25) is 0 Å². The van der Waals surface area contributed by atoms with Gasteiger partial charge < -0.3 is 10.0 Å². The monoisotopic (exact) mass is 273 g/mol. The molecule has 0 saturated carbocycles. The largest absolute Gasteiger partial charge is 0.476 e. The Morgan fingerprint density at radius 2 is 2.15 bits per heavy atom. The number of carbonyl (C=O) groups is 1. The predicted octanol–water partition coefficient (Wildman–Crippen LogP) is 2.50. The average Bonchev–Trinajstić information content (AvgIpc) is 2.48. The Labute approximate surface area is 118 Å². The molecule has 0 radical (unpaired) electrons. The van der Waals surface area contributed by atoms with E-state index in [0.29, 0.717) is 5.41 Å². The molecule has 1 aromatic rings. The number of aromatic nitrogens is 2. The van der Waals surface area contributed by atoms with Crippen molar-refractivity contribution in [3.63, 3.8) is 0 Å². The molecule has 1 aliphatic carbocycles. The summed E-state index contributed by atoms with van der Waals surface area (Å²) < 4.78 is 0. The number of nitrogens with zero attached hydrogens (tertiary/aromatic N) is 3. The van der Waals surface area contributed by atoms with Gasteiger partial charge in [-0.25, -0.2) is 14.8 Å². The van der Waals surface area contributed by atoms with Crippen LogP contribution < -0.4 is 4.90 Å². The van der Waals surface area contributed by atoms with Gasteiger partial charge in [-0.15, -0.1) is 0 Å². The molecule has 1 N–H and O–H groups in total. The minimum atomic E-state index is -1.03. The van der Waals surface area contributed by atoms with Crippen LogP contribution in [0.25, 0.3) is 0 Å². The van der Waals surface area contributed by atoms with E-state index in [1.165, 1.54) is 19.0 Å². The fourth-order valence-electron chi connectivity index (χ4n) is 3.31. The molecule has 1 atom stereocenters. The van der Waals surface area contributed by atoms with Gasteiger partial charge in [0.2, 0.25) is 0 Å². The molecular formula is C15H19N3O2. The topological polar surface area (TPSA) is 66.3 Å². The highest BCUT2D eigenvalue weighted by atomic mass is 16.4. The molecule has 20 heavy (non-hydrogen) atoms. The number of allylic oxidation sites excluding steroid dienone is 2. The van der Waals surface area contributed by atoms with Crippen LogP contribution in [-0.4, -0.2) is 34.1 Å². The highest BCUT2D eigenvalue weighted by Gasteiger charge is 2.35. The van der Waals surface area contributed by atoms with Gasteiger partial charge in [0, 0.05) is 13.1 Å². The van der Waals surface area contributed by atoms with Gasteiger partial charge >= 0.3 is 5.97 Å². The Morgan fingerprint density at radius 1 is 1.25 bits per heavy atom. The van der Waals surface area contributed by atoms with E-state index in [1.807, 2.05) is 0 Å². The number of carboxylic acid groups (broad SMARTS) is 1. The van der Waals surface area contributed by atoms with Crippen molar-refractivity contribution in [1.29, 1.82) is 0 Å². The van der Waals surface area contributed by atoms with Gasteiger partial charge in [0.15, 0.2) is 5.69 Å². The van der Waals surface area contributed by atoms with E-state index >= 15 is 0 Å². The van der Waals surface area contributed by atoms with E-state index in [0.717, 1.165) is 38.2 Å². The van der Waals surface area contributed by atoms with Gasteiger partial charge in [0.05, 0.1) is 12.4 Å². The zero-order valence-electron chi connectivity index (χ0n) is 11.5. The summed E-state index contributed by atoms with van der Waals surface area (Å²) in [5.41, 5.74) is 0.376. The van der Waals surface area contributed by atoms with Crippen molar-refractivity contribution in [2.75, 3.05) is 18.0 Å². The van der Waals surface area contributed by atoms with Crippen LogP contribution in [0.4, 0.5) is 5.82 Å². The average molecular weight is 273 g/mol. The Morgan fingerprint density at radius 3 is 2.80 bits per heavy atom. The number of aromatic carboxylic acids is 1. The lowest BCUT2D eigenvalue weighted by atomic mass is 9.71. The zero-order chi connectivity index (χ0) is 14.0. The summed E-state index contributed by atoms with van der Waals surface area (Å²) in [5, 5.41) is 8.86. The Hall–Kier alpha value is -1.91. The predicted molar refractivity (Wildman–Crippen MR) is 75.9 cm³/mol. The molecule has 0 bridgehead atoms. The smallest absolute Gasteiger partial charge is 0.356 e. The molecule has 2 heterocycles. The first kappa shape index (κ1) is 13.1. The SMILES string of the molecule is O=C(O)c1cnc(N2CCCC3(CC=CCC3)C2)cn1. The molecule has 5 nitrogen and oxygen atoms in total. The fourth-order valence-corrected chi connectivity index (χ4v) is 3.31. The Kier molecular flexibility index (Phi) is 3.42. The maximum absolute atomic E-state index is 10.8. The first-order chi connectivity index (χ1) is 9.69. The molecule has 1 aromatic heterocycles. The van der Waals surface area contributed by atoms with Crippen molar-refractivity contribution in [2.45, 2.75) is 32.1 Å². The van der Waals surface area contributed by atoms with Crippen molar-refractivity contribution in [3.05, 3.63) is 30.2 Å². The van der Waals surface area contributed by atoms with Crippen LogP contribution in [0, 0.1) is 5.41 Å². The molecule has 2 aliphatic rings. The second-order valence-electron chi connectivity index (χ2n) is 5.80. The van der Waals surface area contributed by atoms with Gasteiger partial charge in [0.25, 0.3) is 0 Å². The first-order valence-electron chi connectivity index (χ1n) is 7.14. The molecule has 3 rings (SSSR count). The van der Waals surface area contributed by atoms with E-state index < -0.39 is 5.97 Å². The van der Waals surface area contributed by atoms with E-state index in [-0.39, 0.29) is 5.69 Å². The van der Waals surface area contributed by atoms with E-state index in [9.17, 15) is 4.79 Å². The zero-order valence-corrected chi connectivity index (χ0v) is 11.5. The van der Waals surface area contributed by atoms with Crippen LogP contribution >= 0.6 is 0 Å². The number of carboxylic acids is 1. The van der Waals surface area contributed by atoms with Crippen LogP contribution in [0.3, 0.4) is 0 Å². The lowest BCUT2D eigenvalue weighted by molar-refractivity contribution is 0.0690. The molecule has 1 unspecified atom stereocenters. The van der Waals surface area contributed by atoms with Gasteiger partial charge in [0.1, 0.15) is 5.82 Å². The molecule has 106 valence electrons. The van der Waals surface area contributed by atoms with Crippen molar-refractivity contribution in [3.8, 4) is 0 Å². The highest BCUT2D eigenvalue weighted by molar-refractivity contribution is 5.84. The fraction of sp³-hybridized carbons (Fsp3) is 0.533. The normalized spacial score (nSPS) is 25.9. The summed E-state index contributed by atoms with van der Waals surface area (Å²) in [7, 11) is 0. The van der Waals surface area contributed by atoms with Crippen LogP contribution in [-0.2, 0) is 0 Å². The third-order valence-electron chi connectivity index (χ3n) is 4.40. The highest BCUT2D eigenvalue weighted by Crippen LogP contribution is 2.41. The number of piperidine rings is 1. The van der Waals surface area contributed by atoms with Gasteiger partial charge in [-0.05, 0) is 37.5 Å². The first-order valence-corrected chi connectivity index (χ1v) is 7.14. The minimum Gasteiger partial charge on any atom is -0.476 e. The van der Waals surface area contributed by atoms with Gasteiger partial charge in [-0.2, -0.15) is 0 Å². The quantitative estimate of drug-likeness (QED) is 0.839. The maximum atomic E-state index is 10.8. The Bertz CT molecular complexity index is 526. The van der Waals surface area contributed by atoms with Crippen LogP contribution in [0.5, 0.6) is 0 Å². The summed E-state index contributed by atoms with van der Waals surface area (Å²) in [4.78, 5) is 21.3. The van der Waals surface area contributed by atoms with E-state index in [4.69, 9.17) is 5.11 Å². The number of anilines is 1. The molecule has 1 spiro atoms. The van der Waals surface area contributed by atoms with Crippen molar-refractivity contribution < 1.29 is 9.90 Å². The molecule has 0 aromatic carbocycles. The van der Waals surface area contributed by atoms with Gasteiger partial charge in [-0.3, -0.25) is 0 Å². The summed E-state index contributed by atoms with van der Waals surface area (Å²) in [6.45, 7) is 1.98. The van der Waals surface area contributed by atoms with Crippen molar-refractivity contribution in [1.82, 2.24) is 9.97 Å². The number of hydrogen-bond acceptors (Lipinski definition) is 4. The minimum absolute atomic E-state index is 0.000993. The molecule has 0 amide bonds. The van der Waals surface area contributed by atoms with Gasteiger partial charge in [-0.1, -0.05) is 12.2 Å². The molecule has 1 fully saturated rings. The van der Waals surface area contributed by atoms with Crippen LogP contribution in [0.1, 0.15) is 42.6 Å². The lowest BCUT2D eigenvalue weighted by Gasteiger charge is -2.44. The number of rotatable bonds is 2. The molecular weight excluding hydrogens is 254 g/mol. The third-order valence-corrected chi connectivity index (χ3v) is 4.40. The lowest BCUT2D eigenvalue weighted by Crippen LogP contribution is -2.44.